The summed E-state index contributed by atoms with van der Waals surface area (Å²) >= 11 is 0. The lowest BCUT2D eigenvalue weighted by Gasteiger charge is -2.42. The molecule has 0 spiro atoms. The van der Waals surface area contributed by atoms with Crippen molar-refractivity contribution in [2.45, 2.75) is 114 Å². The van der Waals surface area contributed by atoms with Crippen LogP contribution in [0, 0.1) is 34.6 Å². The molecule has 5 rings (SSSR count). The van der Waals surface area contributed by atoms with Crippen LogP contribution < -0.4 is 5.32 Å². The van der Waals surface area contributed by atoms with Gasteiger partial charge in [0.05, 0.1) is 22.6 Å². The van der Waals surface area contributed by atoms with E-state index in [9.17, 15) is 0 Å². The van der Waals surface area contributed by atoms with Gasteiger partial charge in [-0.05, 0) is 95.5 Å². The predicted octanol–water partition coefficient (Wildman–Crippen LogP) is 9.63. The zero-order chi connectivity index (χ0) is 29.7. The minimum atomic E-state index is -1.68. The van der Waals surface area contributed by atoms with Crippen LogP contribution in [0.3, 0.4) is 0 Å². The first-order valence-electron chi connectivity index (χ1n) is 14.8. The molecule has 1 aliphatic heterocycles. The number of aromatic nitrogens is 3. The highest BCUT2D eigenvalue weighted by Gasteiger charge is 2.48. The van der Waals surface area contributed by atoms with Crippen LogP contribution in [-0.4, -0.2) is 20.6 Å². The monoisotopic (exact) mass is 542 g/mol. The molecule has 4 nitrogen and oxygen atoms in total. The number of alkyl halides is 1. The summed E-state index contributed by atoms with van der Waals surface area (Å²) < 4.78 is 18.8. The van der Waals surface area contributed by atoms with Crippen molar-refractivity contribution < 1.29 is 4.39 Å². The number of halogens is 1. The van der Waals surface area contributed by atoms with Crippen molar-refractivity contribution in [2.75, 3.05) is 0 Å². The number of fused-ring (bicyclic) bond motifs is 4. The predicted molar refractivity (Wildman–Crippen MR) is 169 cm³/mol. The molecule has 0 aliphatic carbocycles. The van der Waals surface area contributed by atoms with Gasteiger partial charge in [0.2, 0.25) is 0 Å². The van der Waals surface area contributed by atoms with Crippen LogP contribution >= 0.6 is 0 Å². The third kappa shape index (κ3) is 4.61. The quantitative estimate of drug-likeness (QED) is 0.207. The molecular weight excluding hydrogens is 495 g/mol. The van der Waals surface area contributed by atoms with Crippen LogP contribution in [0.4, 0.5) is 4.39 Å². The second kappa shape index (κ2) is 10.6. The van der Waals surface area contributed by atoms with Crippen LogP contribution in [0.5, 0.6) is 0 Å². The number of pyridine rings is 1. The van der Waals surface area contributed by atoms with Crippen molar-refractivity contribution in [1.82, 2.24) is 20.1 Å². The van der Waals surface area contributed by atoms with E-state index >= 15 is 4.39 Å². The molecule has 40 heavy (non-hydrogen) atoms. The van der Waals surface area contributed by atoms with Gasteiger partial charge in [-0.15, -0.1) is 0 Å². The Kier molecular flexibility index (Phi) is 7.92. The van der Waals surface area contributed by atoms with Gasteiger partial charge in [0, 0.05) is 27.6 Å². The van der Waals surface area contributed by atoms with Crippen LogP contribution in [0.25, 0.3) is 32.9 Å². The lowest BCUT2D eigenvalue weighted by molar-refractivity contribution is 0.0512. The summed E-state index contributed by atoms with van der Waals surface area (Å²) in [5.74, 6) is -1.68. The van der Waals surface area contributed by atoms with Gasteiger partial charge in [0.1, 0.15) is 0 Å². The summed E-state index contributed by atoms with van der Waals surface area (Å²) in [5, 5.41) is 11.5. The molecule has 2 atom stereocenters. The van der Waals surface area contributed by atoms with Gasteiger partial charge >= 0.3 is 0 Å². The Morgan fingerprint density at radius 3 is 2.05 bits per heavy atom. The Labute approximate surface area is 240 Å². The Bertz CT molecular complexity index is 1640. The van der Waals surface area contributed by atoms with E-state index in [1.807, 2.05) is 25.5 Å². The first-order valence-corrected chi connectivity index (χ1v) is 14.8. The van der Waals surface area contributed by atoms with Crippen molar-refractivity contribution in [3.05, 3.63) is 69.3 Å². The average Bonchev–Trinajstić information content (AvgIpc) is 3.23. The number of aryl methyl sites for hydroxylation is 5. The fraction of sp³-hybridized carbons (Fsp3) is 0.486. The Balaban J connectivity index is 0.000000867. The fourth-order valence-electron chi connectivity index (χ4n) is 6.17. The van der Waals surface area contributed by atoms with E-state index in [2.05, 4.69) is 85.0 Å². The first-order chi connectivity index (χ1) is 18.7. The number of allylic oxidation sites excluding steroid dienone is 2. The standard InChI is InChI=1S/C31H37FN4.C4H10/c1-11-30(9)24-14-18(4)29(36-20(6)15-19(5)35-36)26-23-13-16(2)12-17(3)25(23)27(33-28(24)26)21(7)22(8)34-31(30,10)32;1-3-4-2/h12-15,34H,11H2,1-10H3;3-4H2,1-2H3/b22-21-;/t30?,31-;/m1./s1. The molecule has 0 saturated heterocycles. The number of hydrogen-bond donors (Lipinski definition) is 1. The summed E-state index contributed by atoms with van der Waals surface area (Å²) in [5.41, 5.74) is 10.2. The molecule has 1 N–H and O–H groups in total. The second-order valence-corrected chi connectivity index (χ2v) is 12.2. The normalized spacial score (nSPS) is 22.5. The Morgan fingerprint density at radius 2 is 1.50 bits per heavy atom. The van der Waals surface area contributed by atoms with Gasteiger partial charge < -0.3 is 5.32 Å². The largest absolute Gasteiger partial charge is 0.356 e. The topological polar surface area (TPSA) is 42.7 Å². The lowest BCUT2D eigenvalue weighted by atomic mass is 9.71. The van der Waals surface area contributed by atoms with Crippen LogP contribution in [0.2, 0.25) is 0 Å². The van der Waals surface area contributed by atoms with E-state index < -0.39 is 11.2 Å². The maximum absolute atomic E-state index is 16.8. The molecule has 1 unspecified atom stereocenters. The maximum Gasteiger partial charge on any atom is 0.186 e. The van der Waals surface area contributed by atoms with E-state index in [0.29, 0.717) is 6.42 Å². The van der Waals surface area contributed by atoms with Gasteiger partial charge in [-0.3, -0.25) is 0 Å². The van der Waals surface area contributed by atoms with Gasteiger partial charge in [-0.2, -0.15) is 5.10 Å². The number of nitrogens with zero attached hydrogens (tertiary/aromatic N) is 3. The summed E-state index contributed by atoms with van der Waals surface area (Å²) in [6.45, 7) is 24.7. The summed E-state index contributed by atoms with van der Waals surface area (Å²) in [6.07, 6.45) is 3.26. The molecule has 1 aliphatic rings. The Morgan fingerprint density at radius 1 is 0.850 bits per heavy atom. The minimum Gasteiger partial charge on any atom is -0.356 e. The third-order valence-corrected chi connectivity index (χ3v) is 9.07. The highest BCUT2D eigenvalue weighted by Crippen LogP contribution is 2.48. The average molecular weight is 543 g/mol. The summed E-state index contributed by atoms with van der Waals surface area (Å²) in [6, 6.07) is 8.73. The van der Waals surface area contributed by atoms with E-state index in [4.69, 9.17) is 10.1 Å². The molecule has 2 aromatic heterocycles. The molecule has 0 radical (unpaired) electrons. The van der Waals surface area contributed by atoms with Crippen LogP contribution in [0.1, 0.15) is 107 Å². The minimum absolute atomic E-state index is 0.620. The number of hydrogen-bond acceptors (Lipinski definition) is 3. The van der Waals surface area contributed by atoms with Crippen LogP contribution in [0.15, 0.2) is 30.0 Å². The number of rotatable bonds is 3. The second-order valence-electron chi connectivity index (χ2n) is 12.2. The molecule has 2 aromatic carbocycles. The first kappa shape index (κ1) is 29.8. The third-order valence-electron chi connectivity index (χ3n) is 9.07. The van der Waals surface area contributed by atoms with E-state index in [1.54, 1.807) is 6.92 Å². The zero-order valence-corrected chi connectivity index (χ0v) is 26.7. The van der Waals surface area contributed by atoms with Crippen molar-refractivity contribution >= 4 is 27.2 Å². The molecule has 3 heterocycles. The highest BCUT2D eigenvalue weighted by molar-refractivity contribution is 6.15. The Hall–Kier alpha value is -3.21. The molecule has 0 fully saturated rings. The smallest absolute Gasteiger partial charge is 0.186 e. The number of nitrogens with one attached hydrogen (secondary N) is 1. The lowest BCUT2D eigenvalue weighted by Crippen LogP contribution is -2.53. The highest BCUT2D eigenvalue weighted by atomic mass is 19.1. The van der Waals surface area contributed by atoms with Crippen molar-refractivity contribution in [3.63, 3.8) is 0 Å². The van der Waals surface area contributed by atoms with Gasteiger partial charge in [-0.1, -0.05) is 64.3 Å². The number of unbranched alkanes of at least 4 members (excludes halogenated alkanes) is 1. The molecule has 2 bridgehead atoms. The molecular formula is C35H47FN4. The molecule has 214 valence electrons. The summed E-state index contributed by atoms with van der Waals surface area (Å²) in [7, 11) is 0. The van der Waals surface area contributed by atoms with Crippen molar-refractivity contribution in [1.29, 1.82) is 0 Å². The molecule has 0 saturated carbocycles. The van der Waals surface area contributed by atoms with Gasteiger partial charge in [0.15, 0.2) is 5.79 Å². The SMILES string of the molecule is CCC1(C)c2cc(C)c(-n3nc(C)cc3C)c3c2nc(c2c(C)cc(C)cc23)/C(C)=C(/C)N[C@@]1(C)F.CCCC. The van der Waals surface area contributed by atoms with Crippen LogP contribution in [-0.2, 0) is 5.41 Å². The van der Waals surface area contributed by atoms with Gasteiger partial charge in [-0.25, -0.2) is 14.1 Å². The van der Waals surface area contributed by atoms with E-state index in [-0.39, 0.29) is 0 Å². The molecule has 0 amide bonds. The fourth-order valence-corrected chi connectivity index (χ4v) is 6.17. The maximum atomic E-state index is 16.8. The molecule has 4 aromatic rings. The van der Waals surface area contributed by atoms with Gasteiger partial charge in [0.25, 0.3) is 0 Å². The molecule has 5 heteroatoms. The summed E-state index contributed by atoms with van der Waals surface area (Å²) in [4.78, 5) is 5.39. The van der Waals surface area contributed by atoms with E-state index in [0.717, 1.165) is 66.8 Å². The van der Waals surface area contributed by atoms with E-state index in [1.165, 1.54) is 24.0 Å². The van der Waals surface area contributed by atoms with Crippen molar-refractivity contribution in [2.24, 2.45) is 0 Å². The zero-order valence-electron chi connectivity index (χ0n) is 26.7. The van der Waals surface area contributed by atoms with Crippen molar-refractivity contribution in [3.8, 4) is 5.69 Å². The number of benzene rings is 2.